The third kappa shape index (κ3) is 2.96. The van der Waals surface area contributed by atoms with Crippen LogP contribution in [0.5, 0.6) is 0 Å². The molecule has 26 heavy (non-hydrogen) atoms. The molecule has 0 unspecified atom stereocenters. The molecule has 3 aromatic rings. The lowest BCUT2D eigenvalue weighted by molar-refractivity contribution is 0.104. The molecule has 0 spiro atoms. The van der Waals surface area contributed by atoms with E-state index in [1.54, 1.807) is 4.68 Å². The number of fused-ring (bicyclic) bond motifs is 1. The normalized spacial score (nSPS) is 14.4. The number of carbonyl (C=O) groups is 1. The lowest BCUT2D eigenvalue weighted by atomic mass is 10.0. The van der Waals surface area contributed by atoms with E-state index in [0.717, 1.165) is 33.5 Å². The van der Waals surface area contributed by atoms with Crippen molar-refractivity contribution >= 4 is 11.9 Å². The number of carbonyl (C=O) groups excluding carboxylic acids is 1. The Morgan fingerprint density at radius 2 is 1.88 bits per heavy atom. The zero-order valence-electron chi connectivity index (χ0n) is 14.2. The van der Waals surface area contributed by atoms with Gasteiger partial charge in [-0.05, 0) is 11.6 Å². The molecule has 1 aliphatic carbocycles. The van der Waals surface area contributed by atoms with Gasteiger partial charge in [0.15, 0.2) is 5.78 Å². The van der Waals surface area contributed by atoms with Crippen LogP contribution in [0, 0.1) is 11.3 Å². The molecule has 4 rings (SSSR count). The van der Waals surface area contributed by atoms with Crippen molar-refractivity contribution in [1.29, 1.82) is 5.26 Å². The molecule has 0 fully saturated rings. The van der Waals surface area contributed by atoms with Gasteiger partial charge in [0.25, 0.3) is 0 Å². The molecule has 2 aromatic carbocycles. The summed E-state index contributed by atoms with van der Waals surface area (Å²) in [6.45, 7) is 0.535. The monoisotopic (exact) mass is 339 g/mol. The first kappa shape index (κ1) is 16.0. The fraction of sp³-hybridized carbons (Fsp3) is 0.136. The van der Waals surface area contributed by atoms with E-state index in [2.05, 4.69) is 11.2 Å². The van der Waals surface area contributed by atoms with Gasteiger partial charge >= 0.3 is 0 Å². The van der Waals surface area contributed by atoms with Crippen LogP contribution in [-0.2, 0) is 13.0 Å². The highest BCUT2D eigenvalue weighted by molar-refractivity contribution is 6.15. The summed E-state index contributed by atoms with van der Waals surface area (Å²) >= 11 is 0. The standard InChI is InChI=1S/C22H17N3O/c23-11-6-12-25-15-19(21(24-25)16-7-2-1-3-8-16)14-18-13-17-9-4-5-10-20(17)22(18)26/h1-5,7-10,14-15H,6,12-13H2. The van der Waals surface area contributed by atoms with E-state index in [4.69, 9.17) is 5.26 Å². The predicted molar refractivity (Wildman–Crippen MR) is 100 cm³/mol. The van der Waals surface area contributed by atoms with Crippen molar-refractivity contribution in [2.45, 2.75) is 19.4 Å². The average Bonchev–Trinajstić information content (AvgIpc) is 3.23. The van der Waals surface area contributed by atoms with Gasteiger partial charge in [-0.3, -0.25) is 9.48 Å². The second kappa shape index (κ2) is 6.81. The summed E-state index contributed by atoms with van der Waals surface area (Å²) in [5.41, 5.74) is 5.38. The van der Waals surface area contributed by atoms with E-state index in [0.29, 0.717) is 19.4 Å². The predicted octanol–water partition coefficient (Wildman–Crippen LogP) is 4.29. The van der Waals surface area contributed by atoms with Crippen LogP contribution in [0.1, 0.15) is 27.9 Å². The van der Waals surface area contributed by atoms with E-state index in [9.17, 15) is 4.79 Å². The molecule has 1 aromatic heterocycles. The van der Waals surface area contributed by atoms with Crippen LogP contribution in [0.25, 0.3) is 17.3 Å². The van der Waals surface area contributed by atoms with E-state index in [1.807, 2.05) is 66.9 Å². The lowest BCUT2D eigenvalue weighted by Crippen LogP contribution is -1.97. The maximum Gasteiger partial charge on any atom is 0.189 e. The van der Waals surface area contributed by atoms with Crippen molar-refractivity contribution in [2.75, 3.05) is 0 Å². The van der Waals surface area contributed by atoms with Gasteiger partial charge in [-0.15, -0.1) is 0 Å². The Balaban J connectivity index is 1.76. The first-order chi connectivity index (χ1) is 12.8. The van der Waals surface area contributed by atoms with Gasteiger partial charge in [0, 0.05) is 34.9 Å². The number of nitrogens with zero attached hydrogens (tertiary/aromatic N) is 3. The molecule has 0 N–H and O–H groups in total. The average molecular weight is 339 g/mol. The van der Waals surface area contributed by atoms with Gasteiger partial charge in [0.1, 0.15) is 0 Å². The molecule has 1 aliphatic rings. The summed E-state index contributed by atoms with van der Waals surface area (Å²) < 4.78 is 1.78. The Morgan fingerprint density at radius 1 is 1.12 bits per heavy atom. The molecular weight excluding hydrogens is 322 g/mol. The van der Waals surface area contributed by atoms with Crippen LogP contribution >= 0.6 is 0 Å². The summed E-state index contributed by atoms with van der Waals surface area (Å²) in [4.78, 5) is 12.7. The third-order valence-corrected chi connectivity index (χ3v) is 4.55. The minimum Gasteiger partial charge on any atom is -0.289 e. The summed E-state index contributed by atoms with van der Waals surface area (Å²) in [6, 6.07) is 19.8. The molecule has 4 nitrogen and oxygen atoms in total. The van der Waals surface area contributed by atoms with Crippen molar-refractivity contribution in [2.24, 2.45) is 0 Å². The van der Waals surface area contributed by atoms with Crippen molar-refractivity contribution in [3.63, 3.8) is 0 Å². The first-order valence-electron chi connectivity index (χ1n) is 8.59. The van der Waals surface area contributed by atoms with Crippen LogP contribution < -0.4 is 0 Å². The Morgan fingerprint density at radius 3 is 2.65 bits per heavy atom. The van der Waals surface area contributed by atoms with Crippen molar-refractivity contribution in [1.82, 2.24) is 9.78 Å². The Labute approximate surface area is 152 Å². The topological polar surface area (TPSA) is 58.7 Å². The number of allylic oxidation sites excluding steroid dienone is 1. The minimum absolute atomic E-state index is 0.0874. The van der Waals surface area contributed by atoms with Gasteiger partial charge in [-0.25, -0.2) is 0 Å². The highest BCUT2D eigenvalue weighted by Crippen LogP contribution is 2.30. The van der Waals surface area contributed by atoms with Crippen LogP contribution in [-0.4, -0.2) is 15.6 Å². The molecule has 0 saturated heterocycles. The second-order valence-corrected chi connectivity index (χ2v) is 6.30. The number of Topliss-reactive ketones (excluding diaryl/α,β-unsaturated/α-hetero) is 1. The summed E-state index contributed by atoms with van der Waals surface area (Å²) in [5.74, 6) is 0.0874. The van der Waals surface area contributed by atoms with Gasteiger partial charge in [0.05, 0.1) is 24.7 Å². The smallest absolute Gasteiger partial charge is 0.189 e. The third-order valence-electron chi connectivity index (χ3n) is 4.55. The fourth-order valence-corrected chi connectivity index (χ4v) is 3.30. The Bertz CT molecular complexity index is 1040. The molecule has 0 aliphatic heterocycles. The number of nitriles is 1. The number of benzene rings is 2. The maximum absolute atomic E-state index is 12.7. The SMILES string of the molecule is N#CCCn1cc(C=C2Cc3ccccc3C2=O)c(-c2ccccc2)n1. The number of hydrogen-bond acceptors (Lipinski definition) is 3. The van der Waals surface area contributed by atoms with E-state index in [1.165, 1.54) is 0 Å². The van der Waals surface area contributed by atoms with Gasteiger partial charge in [-0.1, -0.05) is 54.6 Å². The van der Waals surface area contributed by atoms with Crippen molar-refractivity contribution in [3.8, 4) is 17.3 Å². The number of aryl methyl sites for hydroxylation is 1. The second-order valence-electron chi connectivity index (χ2n) is 6.30. The summed E-state index contributed by atoms with van der Waals surface area (Å²) in [5, 5.41) is 13.5. The molecule has 0 saturated carbocycles. The molecule has 4 heteroatoms. The number of rotatable bonds is 4. The number of ketones is 1. The van der Waals surface area contributed by atoms with Crippen molar-refractivity contribution in [3.05, 3.63) is 83.1 Å². The number of hydrogen-bond donors (Lipinski definition) is 0. The molecule has 0 amide bonds. The highest BCUT2D eigenvalue weighted by atomic mass is 16.1. The number of aromatic nitrogens is 2. The van der Waals surface area contributed by atoms with Crippen LogP contribution in [0.4, 0.5) is 0 Å². The minimum atomic E-state index is 0.0874. The lowest BCUT2D eigenvalue weighted by Gasteiger charge is -1.99. The van der Waals surface area contributed by atoms with E-state index < -0.39 is 0 Å². The van der Waals surface area contributed by atoms with Crippen molar-refractivity contribution < 1.29 is 4.79 Å². The Hall–Kier alpha value is -3.45. The molecule has 0 atom stereocenters. The zero-order chi connectivity index (χ0) is 17.9. The van der Waals surface area contributed by atoms with Crippen LogP contribution in [0.15, 0.2) is 66.4 Å². The molecule has 1 heterocycles. The molecule has 0 radical (unpaired) electrons. The largest absolute Gasteiger partial charge is 0.289 e. The quantitative estimate of drug-likeness (QED) is 0.666. The van der Waals surface area contributed by atoms with Gasteiger partial charge < -0.3 is 0 Å². The fourth-order valence-electron chi connectivity index (χ4n) is 3.30. The van der Waals surface area contributed by atoms with E-state index >= 15 is 0 Å². The summed E-state index contributed by atoms with van der Waals surface area (Å²) in [6.07, 6.45) is 4.91. The van der Waals surface area contributed by atoms with Crippen LogP contribution in [0.3, 0.4) is 0 Å². The van der Waals surface area contributed by atoms with Gasteiger partial charge in [-0.2, -0.15) is 10.4 Å². The summed E-state index contributed by atoms with van der Waals surface area (Å²) in [7, 11) is 0. The Kier molecular flexibility index (Phi) is 4.20. The van der Waals surface area contributed by atoms with E-state index in [-0.39, 0.29) is 5.78 Å². The molecule has 0 bridgehead atoms. The first-order valence-corrected chi connectivity index (χ1v) is 8.59. The van der Waals surface area contributed by atoms with Gasteiger partial charge in [0.2, 0.25) is 0 Å². The molecular formula is C22H17N3O. The zero-order valence-corrected chi connectivity index (χ0v) is 14.2. The maximum atomic E-state index is 12.7. The molecule has 126 valence electrons. The van der Waals surface area contributed by atoms with Crippen LogP contribution in [0.2, 0.25) is 0 Å². The highest BCUT2D eigenvalue weighted by Gasteiger charge is 2.24.